The highest BCUT2D eigenvalue weighted by Gasteiger charge is 2.21. The predicted molar refractivity (Wildman–Crippen MR) is 76.1 cm³/mol. The van der Waals surface area contributed by atoms with Crippen LogP contribution in [0.25, 0.3) is 0 Å². The molecule has 0 aliphatic carbocycles. The van der Waals surface area contributed by atoms with E-state index in [0.717, 1.165) is 4.88 Å². The molecule has 0 radical (unpaired) electrons. The van der Waals surface area contributed by atoms with Crippen molar-refractivity contribution in [2.24, 2.45) is 0 Å². The molecule has 0 fully saturated rings. The van der Waals surface area contributed by atoms with Gasteiger partial charge in [0.25, 0.3) is 0 Å². The Bertz CT molecular complexity index is 527. The first-order valence-corrected chi connectivity index (χ1v) is 8.59. The average Bonchev–Trinajstić information content (AvgIpc) is 2.70. The zero-order valence-corrected chi connectivity index (χ0v) is 12.9. The number of carboxylic acid groups (broad SMARTS) is 1. The summed E-state index contributed by atoms with van der Waals surface area (Å²) in [5, 5.41) is 8.52. The zero-order valence-electron chi connectivity index (χ0n) is 10.5. The summed E-state index contributed by atoms with van der Waals surface area (Å²) in [6, 6.07) is 3.52. The van der Waals surface area contributed by atoms with E-state index in [4.69, 9.17) is 16.7 Å². The Kier molecular flexibility index (Phi) is 6.25. The first-order chi connectivity index (χ1) is 8.85. The maximum absolute atomic E-state index is 12.1. The molecule has 1 heterocycles. The number of hydrogen-bond donors (Lipinski definition) is 1. The Morgan fingerprint density at radius 2 is 2.16 bits per heavy atom. The van der Waals surface area contributed by atoms with Gasteiger partial charge in [0.15, 0.2) is 0 Å². The van der Waals surface area contributed by atoms with Crippen LogP contribution in [0.2, 0.25) is 4.34 Å². The van der Waals surface area contributed by atoms with Gasteiger partial charge in [0.05, 0.1) is 10.1 Å². The van der Waals surface area contributed by atoms with Crippen molar-refractivity contribution in [1.82, 2.24) is 4.31 Å². The molecule has 1 aromatic heterocycles. The molecule has 19 heavy (non-hydrogen) atoms. The van der Waals surface area contributed by atoms with Crippen LogP contribution in [-0.4, -0.2) is 36.1 Å². The fourth-order valence-corrected chi connectivity index (χ4v) is 4.23. The lowest BCUT2D eigenvalue weighted by Gasteiger charge is -2.19. The van der Waals surface area contributed by atoms with Gasteiger partial charge in [-0.1, -0.05) is 18.5 Å². The average molecular weight is 326 g/mol. The molecule has 0 saturated carbocycles. The second-order valence-electron chi connectivity index (χ2n) is 3.95. The second kappa shape index (κ2) is 7.23. The van der Waals surface area contributed by atoms with Crippen LogP contribution in [0.1, 0.15) is 24.6 Å². The van der Waals surface area contributed by atoms with Gasteiger partial charge in [-0.05, 0) is 18.6 Å². The van der Waals surface area contributed by atoms with Gasteiger partial charge in [-0.2, -0.15) is 4.31 Å². The number of thiophene rings is 1. The molecule has 0 saturated heterocycles. The van der Waals surface area contributed by atoms with E-state index >= 15 is 0 Å². The zero-order chi connectivity index (χ0) is 14.5. The van der Waals surface area contributed by atoms with Gasteiger partial charge >= 0.3 is 5.97 Å². The molecule has 0 aliphatic rings. The first kappa shape index (κ1) is 16.4. The van der Waals surface area contributed by atoms with Crippen LogP contribution in [0.15, 0.2) is 12.1 Å². The van der Waals surface area contributed by atoms with E-state index in [1.54, 1.807) is 19.1 Å². The number of hydrogen-bond acceptors (Lipinski definition) is 4. The van der Waals surface area contributed by atoms with Gasteiger partial charge in [0.1, 0.15) is 0 Å². The number of nitrogens with zero attached hydrogens (tertiary/aromatic N) is 1. The summed E-state index contributed by atoms with van der Waals surface area (Å²) < 4.78 is 26.1. The van der Waals surface area contributed by atoms with E-state index in [1.165, 1.54) is 15.6 Å². The van der Waals surface area contributed by atoms with E-state index in [1.807, 2.05) is 0 Å². The first-order valence-electron chi connectivity index (χ1n) is 5.79. The Morgan fingerprint density at radius 3 is 2.63 bits per heavy atom. The van der Waals surface area contributed by atoms with Crippen LogP contribution in [0.3, 0.4) is 0 Å². The normalized spacial score (nSPS) is 11.9. The van der Waals surface area contributed by atoms with Gasteiger partial charge < -0.3 is 5.11 Å². The largest absolute Gasteiger partial charge is 0.481 e. The van der Waals surface area contributed by atoms with E-state index < -0.39 is 16.0 Å². The third-order valence-electron chi connectivity index (χ3n) is 2.50. The summed E-state index contributed by atoms with van der Waals surface area (Å²) in [6.45, 7) is 2.39. The van der Waals surface area contributed by atoms with Gasteiger partial charge in [-0.25, -0.2) is 8.42 Å². The molecular weight excluding hydrogens is 310 g/mol. The lowest BCUT2D eigenvalue weighted by atomic mass is 10.3. The smallest absolute Gasteiger partial charge is 0.303 e. The monoisotopic (exact) mass is 325 g/mol. The Labute approximate surface area is 121 Å². The molecule has 0 amide bonds. The highest BCUT2D eigenvalue weighted by Crippen LogP contribution is 2.23. The molecule has 0 unspecified atom stereocenters. The molecule has 1 aromatic rings. The quantitative estimate of drug-likeness (QED) is 0.796. The third kappa shape index (κ3) is 5.48. The number of halogens is 1. The summed E-state index contributed by atoms with van der Waals surface area (Å²) in [5.41, 5.74) is 0. The van der Waals surface area contributed by atoms with Crippen LogP contribution in [0.5, 0.6) is 0 Å². The van der Waals surface area contributed by atoms with Crippen molar-refractivity contribution in [2.75, 3.05) is 12.3 Å². The molecule has 5 nitrogen and oxygen atoms in total. The molecule has 8 heteroatoms. The van der Waals surface area contributed by atoms with E-state index in [2.05, 4.69) is 0 Å². The van der Waals surface area contributed by atoms with Gasteiger partial charge in [-0.3, -0.25) is 4.79 Å². The molecule has 1 rings (SSSR count). The van der Waals surface area contributed by atoms with Crippen molar-refractivity contribution in [2.45, 2.75) is 26.3 Å². The van der Waals surface area contributed by atoms with Gasteiger partial charge in [0.2, 0.25) is 10.0 Å². The van der Waals surface area contributed by atoms with Crippen molar-refractivity contribution in [1.29, 1.82) is 0 Å². The van der Waals surface area contributed by atoms with Crippen molar-refractivity contribution in [3.05, 3.63) is 21.3 Å². The molecular formula is C11H16ClNO4S2. The minimum Gasteiger partial charge on any atom is -0.481 e. The number of carbonyl (C=O) groups is 1. The molecule has 0 aliphatic heterocycles. The minimum absolute atomic E-state index is 0.124. The molecule has 1 N–H and O–H groups in total. The maximum Gasteiger partial charge on any atom is 0.303 e. The molecule has 0 aromatic carbocycles. The summed E-state index contributed by atoms with van der Waals surface area (Å²) in [7, 11) is -3.42. The summed E-state index contributed by atoms with van der Waals surface area (Å²) in [4.78, 5) is 11.3. The summed E-state index contributed by atoms with van der Waals surface area (Å²) in [6.07, 6.45) is -0.0129. The van der Waals surface area contributed by atoms with E-state index in [9.17, 15) is 13.2 Å². The highest BCUT2D eigenvalue weighted by molar-refractivity contribution is 7.89. The van der Waals surface area contributed by atoms with Crippen LogP contribution in [0.4, 0.5) is 0 Å². The number of carboxylic acids is 1. The number of aliphatic carboxylic acids is 1. The molecule has 0 spiro atoms. The Balaban J connectivity index is 2.64. The SMILES string of the molecule is CCN(Cc1ccc(Cl)s1)S(=O)(=O)CCCC(=O)O. The predicted octanol–water partition coefficient (Wildman–Crippen LogP) is 2.42. The van der Waals surface area contributed by atoms with Crippen LogP contribution in [-0.2, 0) is 21.4 Å². The Morgan fingerprint density at radius 1 is 1.47 bits per heavy atom. The molecule has 0 bridgehead atoms. The fraction of sp³-hybridized carbons (Fsp3) is 0.545. The van der Waals surface area contributed by atoms with Gasteiger partial charge in [-0.15, -0.1) is 11.3 Å². The van der Waals surface area contributed by atoms with Crippen LogP contribution >= 0.6 is 22.9 Å². The van der Waals surface area contributed by atoms with Crippen molar-refractivity contribution in [3.8, 4) is 0 Å². The van der Waals surface area contributed by atoms with Crippen LogP contribution in [0, 0.1) is 0 Å². The van der Waals surface area contributed by atoms with Crippen molar-refractivity contribution < 1.29 is 18.3 Å². The minimum atomic E-state index is -3.42. The van der Waals surface area contributed by atoms with Crippen molar-refractivity contribution in [3.63, 3.8) is 0 Å². The van der Waals surface area contributed by atoms with E-state index in [-0.39, 0.29) is 25.1 Å². The molecule has 108 valence electrons. The fourth-order valence-electron chi connectivity index (χ4n) is 1.55. The maximum atomic E-state index is 12.1. The highest BCUT2D eigenvalue weighted by atomic mass is 35.5. The standard InChI is InChI=1S/C11H16ClNO4S2/c1-2-13(8-9-5-6-10(12)18-9)19(16,17)7-3-4-11(14)15/h5-6H,2-4,7-8H2,1H3,(H,14,15). The summed E-state index contributed by atoms with van der Waals surface area (Å²) in [5.74, 6) is -1.13. The summed E-state index contributed by atoms with van der Waals surface area (Å²) >= 11 is 7.15. The van der Waals surface area contributed by atoms with E-state index in [0.29, 0.717) is 10.9 Å². The second-order valence-corrected chi connectivity index (χ2v) is 7.83. The van der Waals surface area contributed by atoms with Crippen LogP contribution < -0.4 is 0 Å². The lowest BCUT2D eigenvalue weighted by molar-refractivity contribution is -0.137. The third-order valence-corrected chi connectivity index (χ3v) is 5.69. The van der Waals surface area contributed by atoms with Crippen molar-refractivity contribution >= 4 is 38.9 Å². The Hall–Kier alpha value is -0.630. The lowest BCUT2D eigenvalue weighted by Crippen LogP contribution is -2.32. The molecule has 0 atom stereocenters. The topological polar surface area (TPSA) is 74.7 Å². The number of sulfonamides is 1. The number of rotatable bonds is 8. The van der Waals surface area contributed by atoms with Gasteiger partial charge in [0, 0.05) is 24.4 Å².